The fourth-order valence-corrected chi connectivity index (χ4v) is 3.62. The van der Waals surface area contributed by atoms with Crippen LogP contribution in [0.2, 0.25) is 5.02 Å². The lowest BCUT2D eigenvalue weighted by atomic mass is 10.2. The van der Waals surface area contributed by atoms with Gasteiger partial charge in [-0.05, 0) is 36.4 Å². The Morgan fingerprint density at radius 3 is 2.44 bits per heavy atom. The molecule has 3 rings (SSSR count). The lowest BCUT2D eigenvalue weighted by Gasteiger charge is -2.03. The number of benzene rings is 2. The number of nitrogens with two attached hydrogens (primary N) is 1. The van der Waals surface area contributed by atoms with Gasteiger partial charge in [-0.3, -0.25) is 0 Å². The number of aromatic nitrogens is 1. The van der Waals surface area contributed by atoms with Crippen LogP contribution in [-0.2, 0) is 10.0 Å². The molecule has 0 aliphatic rings. The largest absolute Gasteiger partial charge is 0.360 e. The zero-order chi connectivity index (χ0) is 19.4. The van der Waals surface area contributed by atoms with E-state index in [1.54, 1.807) is 24.3 Å². The van der Waals surface area contributed by atoms with Gasteiger partial charge in [-0.1, -0.05) is 23.7 Å². The normalized spacial score (nSPS) is 11.8. The smallest absolute Gasteiger partial charge is 0.238 e. The van der Waals surface area contributed by atoms with E-state index in [1.807, 2.05) is 17.5 Å². The molecule has 136 valence electrons. The van der Waals surface area contributed by atoms with Crippen LogP contribution in [0.4, 0.5) is 5.69 Å². The summed E-state index contributed by atoms with van der Waals surface area (Å²) in [4.78, 5) is 4.51. The molecule has 0 aliphatic carbocycles. The predicted octanol–water partition coefficient (Wildman–Crippen LogP) is 4.09. The predicted molar refractivity (Wildman–Crippen MR) is 108 cm³/mol. The van der Waals surface area contributed by atoms with Crippen molar-refractivity contribution < 1.29 is 8.42 Å². The van der Waals surface area contributed by atoms with E-state index in [4.69, 9.17) is 16.7 Å². The number of nitriles is 1. The van der Waals surface area contributed by atoms with Crippen molar-refractivity contribution in [3.8, 4) is 17.3 Å². The summed E-state index contributed by atoms with van der Waals surface area (Å²) in [5.41, 5.74) is 2.64. The van der Waals surface area contributed by atoms with Crippen molar-refractivity contribution in [3.63, 3.8) is 0 Å². The maximum Gasteiger partial charge on any atom is 0.238 e. The van der Waals surface area contributed by atoms with Gasteiger partial charge < -0.3 is 5.32 Å². The zero-order valence-electron chi connectivity index (χ0n) is 13.8. The molecule has 0 fully saturated rings. The molecule has 6 nitrogen and oxygen atoms in total. The van der Waals surface area contributed by atoms with Gasteiger partial charge in [0.25, 0.3) is 0 Å². The van der Waals surface area contributed by atoms with E-state index in [2.05, 4.69) is 16.4 Å². The summed E-state index contributed by atoms with van der Waals surface area (Å²) in [6.07, 6.45) is 1.52. The van der Waals surface area contributed by atoms with E-state index in [1.165, 1.54) is 29.7 Å². The van der Waals surface area contributed by atoms with Gasteiger partial charge >= 0.3 is 0 Å². The first-order chi connectivity index (χ1) is 12.9. The van der Waals surface area contributed by atoms with Crippen molar-refractivity contribution in [1.29, 1.82) is 5.26 Å². The van der Waals surface area contributed by atoms with E-state index in [-0.39, 0.29) is 4.90 Å². The van der Waals surface area contributed by atoms with E-state index >= 15 is 0 Å². The highest BCUT2D eigenvalue weighted by molar-refractivity contribution is 7.89. The molecule has 3 N–H and O–H groups in total. The molecule has 0 saturated carbocycles. The highest BCUT2D eigenvalue weighted by Crippen LogP contribution is 2.27. The van der Waals surface area contributed by atoms with E-state index in [0.29, 0.717) is 21.3 Å². The third-order valence-corrected chi connectivity index (χ3v) is 5.62. The monoisotopic (exact) mass is 416 g/mol. The highest BCUT2D eigenvalue weighted by Gasteiger charge is 2.10. The Morgan fingerprint density at radius 1 is 1.19 bits per heavy atom. The molecule has 3 aromatic rings. The summed E-state index contributed by atoms with van der Waals surface area (Å²) in [5, 5.41) is 20.5. The first-order valence-corrected chi connectivity index (χ1v) is 10.4. The quantitative estimate of drug-likeness (QED) is 0.609. The highest BCUT2D eigenvalue weighted by atomic mass is 35.5. The topological polar surface area (TPSA) is 109 Å². The second-order valence-corrected chi connectivity index (χ2v) is 8.28. The number of sulfonamides is 1. The number of thiazole rings is 1. The third kappa shape index (κ3) is 4.72. The van der Waals surface area contributed by atoms with Crippen molar-refractivity contribution in [2.45, 2.75) is 4.90 Å². The van der Waals surface area contributed by atoms with Gasteiger partial charge in [-0.25, -0.2) is 18.5 Å². The first-order valence-electron chi connectivity index (χ1n) is 7.58. The number of primary sulfonamides is 1. The Morgan fingerprint density at radius 2 is 1.85 bits per heavy atom. The van der Waals surface area contributed by atoms with Crippen LogP contribution in [0.15, 0.2) is 65.0 Å². The van der Waals surface area contributed by atoms with Gasteiger partial charge in [0.1, 0.15) is 16.6 Å². The van der Waals surface area contributed by atoms with Gasteiger partial charge in [0, 0.05) is 27.9 Å². The molecule has 0 unspecified atom stereocenters. The number of anilines is 1. The number of nitrogens with one attached hydrogen (secondary N) is 1. The average Bonchev–Trinajstić information content (AvgIpc) is 3.12. The maximum atomic E-state index is 11.3. The van der Waals surface area contributed by atoms with Gasteiger partial charge in [-0.2, -0.15) is 5.26 Å². The van der Waals surface area contributed by atoms with Gasteiger partial charge in [0.15, 0.2) is 0 Å². The zero-order valence-corrected chi connectivity index (χ0v) is 16.1. The van der Waals surface area contributed by atoms with Crippen LogP contribution < -0.4 is 10.5 Å². The third-order valence-electron chi connectivity index (χ3n) is 3.56. The Hall–Kier alpha value is -2.70. The minimum Gasteiger partial charge on any atom is -0.360 e. The van der Waals surface area contributed by atoms with Gasteiger partial charge in [-0.15, -0.1) is 11.3 Å². The second-order valence-electron chi connectivity index (χ2n) is 5.43. The Kier molecular flexibility index (Phi) is 5.58. The Bertz CT molecular complexity index is 1130. The lowest BCUT2D eigenvalue weighted by Crippen LogP contribution is -2.11. The summed E-state index contributed by atoms with van der Waals surface area (Å²) in [5.74, 6) is 0. The molecule has 1 aromatic heterocycles. The molecule has 0 atom stereocenters. The molecule has 1 heterocycles. The van der Waals surface area contributed by atoms with Crippen LogP contribution in [-0.4, -0.2) is 13.4 Å². The second kappa shape index (κ2) is 7.90. The molecule has 0 bridgehead atoms. The fourth-order valence-electron chi connectivity index (χ4n) is 2.19. The summed E-state index contributed by atoms with van der Waals surface area (Å²) in [7, 11) is -3.74. The Labute approximate surface area is 165 Å². The van der Waals surface area contributed by atoms with Crippen molar-refractivity contribution in [1.82, 2.24) is 4.98 Å². The maximum absolute atomic E-state index is 11.3. The van der Waals surface area contributed by atoms with Crippen molar-refractivity contribution in [3.05, 3.63) is 70.1 Å². The number of hydrogen-bond donors (Lipinski definition) is 2. The van der Waals surface area contributed by atoms with Crippen LogP contribution in [0.25, 0.3) is 16.8 Å². The standard InChI is InChI=1S/C18H13ClN4O2S2/c19-14-3-1-12(2-4-14)17-11-26-18(23-17)13(9-20)10-22-15-5-7-16(8-6-15)27(21,24)25/h1-8,10-11,22H,(H2,21,24,25). The molecule has 0 spiro atoms. The molecule has 0 aliphatic heterocycles. The molecule has 0 saturated heterocycles. The average molecular weight is 417 g/mol. The summed E-state index contributed by atoms with van der Waals surface area (Å²) in [6.45, 7) is 0. The van der Waals surface area contributed by atoms with E-state index < -0.39 is 10.0 Å². The van der Waals surface area contributed by atoms with E-state index in [0.717, 1.165) is 11.3 Å². The summed E-state index contributed by atoms with van der Waals surface area (Å²) in [6, 6.07) is 15.3. The molecular weight excluding hydrogens is 404 g/mol. The van der Waals surface area contributed by atoms with Crippen LogP contribution >= 0.6 is 22.9 Å². The molecular formula is C18H13ClN4O2S2. The Balaban J connectivity index is 1.79. The first kappa shape index (κ1) is 19.1. The molecule has 2 aromatic carbocycles. The number of rotatable bonds is 5. The SMILES string of the molecule is N#CC(=CNc1ccc(S(N)(=O)=O)cc1)c1nc(-c2ccc(Cl)cc2)cs1. The minimum absolute atomic E-state index is 0.0186. The number of nitrogens with zero attached hydrogens (tertiary/aromatic N) is 2. The molecule has 27 heavy (non-hydrogen) atoms. The number of allylic oxidation sites excluding steroid dienone is 1. The number of hydrogen-bond acceptors (Lipinski definition) is 6. The molecule has 0 amide bonds. The fraction of sp³-hybridized carbons (Fsp3) is 0. The minimum atomic E-state index is -3.74. The summed E-state index contributed by atoms with van der Waals surface area (Å²) >= 11 is 7.24. The van der Waals surface area contributed by atoms with Crippen LogP contribution in [0.5, 0.6) is 0 Å². The van der Waals surface area contributed by atoms with E-state index in [9.17, 15) is 13.7 Å². The molecule has 0 radical (unpaired) electrons. The number of halogens is 1. The lowest BCUT2D eigenvalue weighted by molar-refractivity contribution is 0.598. The van der Waals surface area contributed by atoms with Crippen LogP contribution in [0.3, 0.4) is 0 Å². The summed E-state index contributed by atoms with van der Waals surface area (Å²) < 4.78 is 22.5. The molecule has 9 heteroatoms. The van der Waals surface area contributed by atoms with Gasteiger partial charge in [0.05, 0.1) is 10.6 Å². The van der Waals surface area contributed by atoms with Crippen molar-refractivity contribution in [2.24, 2.45) is 5.14 Å². The van der Waals surface area contributed by atoms with Crippen molar-refractivity contribution >= 4 is 44.2 Å². The van der Waals surface area contributed by atoms with Gasteiger partial charge in [0.2, 0.25) is 10.0 Å². The van der Waals surface area contributed by atoms with Crippen LogP contribution in [0.1, 0.15) is 5.01 Å². The van der Waals surface area contributed by atoms with Crippen LogP contribution in [0, 0.1) is 11.3 Å². The van der Waals surface area contributed by atoms with Crippen molar-refractivity contribution in [2.75, 3.05) is 5.32 Å².